The molecule has 2 nitrogen and oxygen atoms in total. The Morgan fingerprint density at radius 2 is 0.489 bits per heavy atom. The molecule has 0 heterocycles. The largest absolute Gasteiger partial charge is 0.310 e. The van der Waals surface area contributed by atoms with E-state index in [-0.39, 0.29) is 0 Å². The van der Waals surface area contributed by atoms with Crippen molar-refractivity contribution < 1.29 is 0 Å². The average Bonchev–Trinajstić information content (AvgIpc) is 2.13. The molecule has 0 N–H and O–H groups in total. The first-order valence-corrected chi connectivity index (χ1v) is 30.5. The minimum Gasteiger partial charge on any atom is -0.310 e. The highest BCUT2D eigenvalue weighted by molar-refractivity contribution is 6.15. The molecule has 0 radical (unpaired) electrons. The van der Waals surface area contributed by atoms with Gasteiger partial charge in [-0.05, 0) is 207 Å². The van der Waals surface area contributed by atoms with E-state index in [1.807, 2.05) is 0 Å². The van der Waals surface area contributed by atoms with Crippen LogP contribution in [-0.4, -0.2) is 0 Å². The van der Waals surface area contributed by atoms with Crippen LogP contribution in [0.3, 0.4) is 0 Å². The number of nitrogens with zero attached hydrogens (tertiary/aromatic N) is 2. The zero-order chi connectivity index (χ0) is 58.7. The molecule has 16 aromatic rings. The maximum atomic E-state index is 2.46. The summed E-state index contributed by atoms with van der Waals surface area (Å²) in [5, 5.41) is 14.9. The van der Waals surface area contributed by atoms with Gasteiger partial charge in [0.05, 0.1) is 11.4 Å². The number of aryl methyl sites for hydroxylation is 2. The Morgan fingerprint density at radius 1 is 0.182 bits per heavy atom. The third-order valence-corrected chi connectivity index (χ3v) is 18.1. The van der Waals surface area contributed by atoms with E-state index in [1.54, 1.807) is 0 Å². The lowest BCUT2D eigenvalue weighted by molar-refractivity contribution is 1.24. The average molecular weight is 1120 g/mol. The van der Waals surface area contributed by atoms with Crippen LogP contribution >= 0.6 is 0 Å². The molecule has 0 saturated carbocycles. The molecule has 0 aliphatic rings. The molecule has 0 aliphatic carbocycles. The second-order valence-electron chi connectivity index (χ2n) is 23.2. The molecule has 0 unspecified atom stereocenters. The van der Waals surface area contributed by atoms with Crippen LogP contribution in [0, 0.1) is 13.8 Å². The summed E-state index contributed by atoms with van der Waals surface area (Å²) in [7, 11) is 0. The van der Waals surface area contributed by atoms with Crippen LogP contribution in [-0.2, 0) is 0 Å². The Bertz CT molecular complexity index is 5020. The minimum absolute atomic E-state index is 1.08. The van der Waals surface area contributed by atoms with Crippen molar-refractivity contribution in [2.24, 2.45) is 0 Å². The highest BCUT2D eigenvalue weighted by Crippen LogP contribution is 2.48. The topological polar surface area (TPSA) is 6.48 Å². The molecule has 0 spiro atoms. The normalized spacial score (nSPS) is 11.5. The van der Waals surface area contributed by atoms with Gasteiger partial charge < -0.3 is 9.80 Å². The van der Waals surface area contributed by atoms with Crippen molar-refractivity contribution in [2.75, 3.05) is 9.80 Å². The number of benzene rings is 16. The number of rotatable bonds is 11. The standard InChI is InChI=1S/C86H60N2/c1-57-53-63(45-51-83(57)87(85-39-17-15-35-79(85)75-37-19-25-59-21-3-7-27-69(59)75)67-47-41-61(42-48-67)81-55-65-23-5-9-29-71(65)73-31-11-13-33-77(73)81)64-46-52-84(58(2)54-64)88(86-40-18-16-36-80(86)76-38-20-26-60-22-4-8-28-70(60)76)68-49-43-62(44-50-68)82-56-66-24-6-10-30-72(66)74-32-12-14-34-78(74)82/h3-56H,1-2H3. The molecule has 16 aromatic carbocycles. The highest BCUT2D eigenvalue weighted by atomic mass is 15.2. The van der Waals surface area contributed by atoms with Crippen LogP contribution in [0.1, 0.15) is 11.1 Å². The fourth-order valence-corrected chi connectivity index (χ4v) is 13.9. The first-order valence-electron chi connectivity index (χ1n) is 30.5. The third-order valence-electron chi connectivity index (χ3n) is 18.1. The zero-order valence-corrected chi connectivity index (χ0v) is 49.1. The second-order valence-corrected chi connectivity index (χ2v) is 23.2. The Hall–Kier alpha value is -11.3. The summed E-state index contributed by atoms with van der Waals surface area (Å²) >= 11 is 0. The first-order chi connectivity index (χ1) is 43.5. The van der Waals surface area contributed by atoms with E-state index in [1.165, 1.54) is 120 Å². The van der Waals surface area contributed by atoms with Crippen molar-refractivity contribution in [3.8, 4) is 55.6 Å². The van der Waals surface area contributed by atoms with Gasteiger partial charge in [0.2, 0.25) is 0 Å². The van der Waals surface area contributed by atoms with Gasteiger partial charge in [0.15, 0.2) is 0 Å². The van der Waals surface area contributed by atoms with Crippen molar-refractivity contribution >= 4 is 98.8 Å². The molecule has 88 heavy (non-hydrogen) atoms. The molecule has 0 aliphatic heterocycles. The van der Waals surface area contributed by atoms with Gasteiger partial charge in [0.1, 0.15) is 0 Å². The zero-order valence-electron chi connectivity index (χ0n) is 49.1. The number of anilines is 6. The van der Waals surface area contributed by atoms with Crippen molar-refractivity contribution in [2.45, 2.75) is 13.8 Å². The molecular formula is C86H60N2. The molecule has 414 valence electrons. The van der Waals surface area contributed by atoms with Gasteiger partial charge >= 0.3 is 0 Å². The van der Waals surface area contributed by atoms with E-state index in [0.29, 0.717) is 0 Å². The summed E-state index contributed by atoms with van der Waals surface area (Å²) < 4.78 is 0. The van der Waals surface area contributed by atoms with Gasteiger partial charge in [-0.25, -0.2) is 0 Å². The molecule has 0 saturated heterocycles. The predicted octanol–water partition coefficient (Wildman–Crippen LogP) is 24.5. The Balaban J connectivity index is 0.810. The number of para-hydroxylation sites is 2. The second kappa shape index (κ2) is 21.9. The van der Waals surface area contributed by atoms with E-state index in [0.717, 1.165) is 45.3 Å². The van der Waals surface area contributed by atoms with E-state index in [2.05, 4.69) is 351 Å². The van der Waals surface area contributed by atoms with Gasteiger partial charge in [-0.2, -0.15) is 0 Å². The predicted molar refractivity (Wildman–Crippen MR) is 377 cm³/mol. The quantitative estimate of drug-likeness (QED) is 0.119. The fraction of sp³-hybridized carbons (Fsp3) is 0.0233. The molecule has 0 amide bonds. The first kappa shape index (κ1) is 52.3. The van der Waals surface area contributed by atoms with Gasteiger partial charge in [-0.15, -0.1) is 0 Å². The van der Waals surface area contributed by atoms with Gasteiger partial charge in [0, 0.05) is 33.9 Å². The summed E-state index contributed by atoms with van der Waals surface area (Å²) in [4.78, 5) is 4.93. The smallest absolute Gasteiger partial charge is 0.0540 e. The van der Waals surface area contributed by atoms with Crippen molar-refractivity contribution in [3.63, 3.8) is 0 Å². The molecule has 16 rings (SSSR count). The van der Waals surface area contributed by atoms with Crippen molar-refractivity contribution in [1.29, 1.82) is 0 Å². The van der Waals surface area contributed by atoms with Crippen LogP contribution in [0.4, 0.5) is 34.1 Å². The van der Waals surface area contributed by atoms with E-state index in [4.69, 9.17) is 0 Å². The minimum atomic E-state index is 1.08. The maximum absolute atomic E-state index is 2.46. The van der Waals surface area contributed by atoms with Crippen LogP contribution in [0.2, 0.25) is 0 Å². The molecule has 0 aromatic heterocycles. The van der Waals surface area contributed by atoms with Crippen LogP contribution in [0.5, 0.6) is 0 Å². The van der Waals surface area contributed by atoms with Crippen molar-refractivity contribution in [3.05, 3.63) is 339 Å². The maximum Gasteiger partial charge on any atom is 0.0540 e. The number of hydrogen-bond donors (Lipinski definition) is 0. The lowest BCUT2D eigenvalue weighted by Gasteiger charge is -2.30. The Kier molecular flexibility index (Phi) is 13.0. The van der Waals surface area contributed by atoms with E-state index in [9.17, 15) is 0 Å². The summed E-state index contributed by atoms with van der Waals surface area (Å²) in [5.74, 6) is 0. The molecule has 0 atom stereocenters. The lowest BCUT2D eigenvalue weighted by atomic mass is 9.93. The summed E-state index contributed by atoms with van der Waals surface area (Å²) in [6.45, 7) is 4.53. The van der Waals surface area contributed by atoms with Crippen LogP contribution in [0.25, 0.3) is 120 Å². The molecule has 0 fully saturated rings. The van der Waals surface area contributed by atoms with Crippen LogP contribution < -0.4 is 9.80 Å². The Labute approximate surface area is 513 Å². The van der Waals surface area contributed by atoms with Crippen molar-refractivity contribution in [1.82, 2.24) is 0 Å². The van der Waals surface area contributed by atoms with Crippen LogP contribution in [0.15, 0.2) is 328 Å². The fourth-order valence-electron chi connectivity index (χ4n) is 13.9. The number of hydrogen-bond acceptors (Lipinski definition) is 2. The monoisotopic (exact) mass is 1120 g/mol. The SMILES string of the molecule is Cc1cc(-c2ccc(N(c3ccc(-c4cc5ccccc5c5ccccc45)cc3)c3ccccc3-c3cccc4ccccc34)c(C)c2)ccc1N(c1ccc(-c2cc3ccccc3c3ccccc23)cc1)c1ccccc1-c1cccc2ccccc12. The highest BCUT2D eigenvalue weighted by Gasteiger charge is 2.24. The molecule has 2 heteroatoms. The van der Waals surface area contributed by atoms with Gasteiger partial charge in [0.25, 0.3) is 0 Å². The van der Waals surface area contributed by atoms with Gasteiger partial charge in [-0.1, -0.05) is 255 Å². The number of fused-ring (bicyclic) bond motifs is 8. The van der Waals surface area contributed by atoms with E-state index >= 15 is 0 Å². The lowest BCUT2D eigenvalue weighted by Crippen LogP contribution is -2.13. The third kappa shape index (κ3) is 9.13. The molecular weight excluding hydrogens is 1060 g/mol. The van der Waals surface area contributed by atoms with Gasteiger partial charge in [-0.3, -0.25) is 0 Å². The summed E-state index contributed by atoms with van der Waals surface area (Å²) in [5.41, 5.74) is 20.8. The molecule has 0 bridgehead atoms. The summed E-state index contributed by atoms with van der Waals surface area (Å²) in [6.07, 6.45) is 0. The Morgan fingerprint density at radius 3 is 0.898 bits per heavy atom. The summed E-state index contributed by atoms with van der Waals surface area (Å²) in [6, 6.07) is 121. The van der Waals surface area contributed by atoms with E-state index < -0.39 is 0 Å².